The Morgan fingerprint density at radius 1 is 1.38 bits per heavy atom. The van der Waals surface area contributed by atoms with Gasteiger partial charge in [-0.1, -0.05) is 18.2 Å². The van der Waals surface area contributed by atoms with Gasteiger partial charge in [0.15, 0.2) is 0 Å². The van der Waals surface area contributed by atoms with Gasteiger partial charge in [0.2, 0.25) is 0 Å². The molecule has 0 aliphatic heterocycles. The first-order valence-electron chi connectivity index (χ1n) is 8.26. The standard InChI is InChI=1S/C19H20FN3O3/c20-18-11(2-1-3-13(18)14-8-15(14)19(24)25)10-26-12-4-5-17(23-9-12)16(22)6-7-21/h1-6,9,14-15H,7-8,10,21-22H2,(H,24,25)/b16-6-. The van der Waals surface area contributed by atoms with Gasteiger partial charge in [-0.15, -0.1) is 0 Å². The number of aromatic nitrogens is 1. The van der Waals surface area contributed by atoms with Gasteiger partial charge in [-0.2, -0.15) is 0 Å². The molecule has 136 valence electrons. The molecule has 1 aromatic carbocycles. The van der Waals surface area contributed by atoms with E-state index >= 15 is 0 Å². The molecule has 1 fully saturated rings. The van der Waals surface area contributed by atoms with E-state index < -0.39 is 17.7 Å². The second kappa shape index (κ2) is 7.53. The molecule has 3 rings (SSSR count). The average Bonchev–Trinajstić information content (AvgIpc) is 3.42. The number of carboxylic acids is 1. The molecule has 2 atom stereocenters. The Kier molecular flexibility index (Phi) is 5.18. The summed E-state index contributed by atoms with van der Waals surface area (Å²) in [6.45, 7) is 0.352. The Labute approximate surface area is 150 Å². The summed E-state index contributed by atoms with van der Waals surface area (Å²) in [5.41, 5.74) is 13.1. The number of hydrogen-bond acceptors (Lipinski definition) is 5. The van der Waals surface area contributed by atoms with Gasteiger partial charge in [-0.25, -0.2) is 4.39 Å². The lowest BCUT2D eigenvalue weighted by molar-refractivity contribution is -0.138. The van der Waals surface area contributed by atoms with Crippen LogP contribution in [0.1, 0.15) is 29.2 Å². The lowest BCUT2D eigenvalue weighted by Gasteiger charge is -2.10. The SMILES string of the molecule is NC/C=C(\N)c1ccc(OCc2cccc(C3CC3C(=O)O)c2F)cn1. The molecule has 6 nitrogen and oxygen atoms in total. The molecule has 0 spiro atoms. The van der Waals surface area contributed by atoms with Crippen molar-refractivity contribution in [2.24, 2.45) is 17.4 Å². The Bertz CT molecular complexity index is 836. The van der Waals surface area contributed by atoms with Crippen LogP contribution in [0.2, 0.25) is 0 Å². The minimum atomic E-state index is -0.884. The third-order valence-electron chi connectivity index (χ3n) is 4.38. The molecule has 2 unspecified atom stereocenters. The van der Waals surface area contributed by atoms with Crippen LogP contribution in [-0.2, 0) is 11.4 Å². The predicted molar refractivity (Wildman–Crippen MR) is 94.7 cm³/mol. The fourth-order valence-corrected chi connectivity index (χ4v) is 2.84. The highest BCUT2D eigenvalue weighted by Gasteiger charge is 2.45. The van der Waals surface area contributed by atoms with Crippen molar-refractivity contribution in [1.82, 2.24) is 4.98 Å². The Hall–Kier alpha value is -2.93. The van der Waals surface area contributed by atoms with Crippen molar-refractivity contribution in [3.63, 3.8) is 0 Å². The van der Waals surface area contributed by atoms with Gasteiger partial charge in [0.1, 0.15) is 18.2 Å². The normalized spacial score (nSPS) is 19.2. The highest BCUT2D eigenvalue weighted by molar-refractivity contribution is 5.75. The maximum atomic E-state index is 14.6. The summed E-state index contributed by atoms with van der Waals surface area (Å²) >= 11 is 0. The van der Waals surface area contributed by atoms with E-state index in [4.69, 9.17) is 21.3 Å². The molecular weight excluding hydrogens is 337 g/mol. The van der Waals surface area contributed by atoms with Crippen LogP contribution < -0.4 is 16.2 Å². The topological polar surface area (TPSA) is 111 Å². The van der Waals surface area contributed by atoms with E-state index in [1.807, 2.05) is 0 Å². The molecule has 1 heterocycles. The maximum Gasteiger partial charge on any atom is 0.307 e. The summed E-state index contributed by atoms with van der Waals surface area (Å²) in [5.74, 6) is -1.56. The third-order valence-corrected chi connectivity index (χ3v) is 4.38. The lowest BCUT2D eigenvalue weighted by Crippen LogP contribution is -2.05. The first-order chi connectivity index (χ1) is 12.5. The van der Waals surface area contributed by atoms with Gasteiger partial charge in [0.05, 0.1) is 23.5 Å². The minimum Gasteiger partial charge on any atom is -0.487 e. The predicted octanol–water partition coefficient (Wildman–Crippen LogP) is 2.25. The van der Waals surface area contributed by atoms with E-state index in [2.05, 4.69) is 4.98 Å². The van der Waals surface area contributed by atoms with E-state index in [0.717, 1.165) is 0 Å². The fraction of sp³-hybridized carbons (Fsp3) is 0.263. The summed E-state index contributed by atoms with van der Waals surface area (Å²) in [4.78, 5) is 15.2. The van der Waals surface area contributed by atoms with Gasteiger partial charge < -0.3 is 21.3 Å². The summed E-state index contributed by atoms with van der Waals surface area (Å²) in [6, 6.07) is 8.37. The molecule has 0 amide bonds. The van der Waals surface area contributed by atoms with Crippen LogP contribution in [0.5, 0.6) is 5.75 Å². The molecule has 5 N–H and O–H groups in total. The van der Waals surface area contributed by atoms with Crippen molar-refractivity contribution in [3.8, 4) is 5.75 Å². The Balaban J connectivity index is 1.67. The number of pyridine rings is 1. The van der Waals surface area contributed by atoms with Crippen LogP contribution >= 0.6 is 0 Å². The number of carboxylic acid groups (broad SMARTS) is 1. The van der Waals surface area contributed by atoms with Gasteiger partial charge in [0.25, 0.3) is 0 Å². The molecule has 7 heteroatoms. The second-order valence-electron chi connectivity index (χ2n) is 6.17. The first kappa shape index (κ1) is 17.9. The number of ether oxygens (including phenoxy) is 1. The molecular formula is C19H20FN3O3. The molecule has 0 bridgehead atoms. The summed E-state index contributed by atoms with van der Waals surface area (Å²) in [5, 5.41) is 9.02. The fourth-order valence-electron chi connectivity index (χ4n) is 2.84. The molecule has 0 saturated heterocycles. The van der Waals surface area contributed by atoms with Gasteiger partial charge in [0, 0.05) is 18.0 Å². The van der Waals surface area contributed by atoms with Crippen molar-refractivity contribution in [2.45, 2.75) is 18.9 Å². The zero-order valence-electron chi connectivity index (χ0n) is 14.1. The Morgan fingerprint density at radius 3 is 2.81 bits per heavy atom. The largest absolute Gasteiger partial charge is 0.487 e. The second-order valence-corrected chi connectivity index (χ2v) is 6.17. The number of aliphatic carboxylic acids is 1. The zero-order valence-corrected chi connectivity index (χ0v) is 14.1. The number of hydrogen-bond donors (Lipinski definition) is 3. The number of nitrogens with two attached hydrogens (primary N) is 2. The monoisotopic (exact) mass is 357 g/mol. The molecule has 26 heavy (non-hydrogen) atoms. The van der Waals surface area contributed by atoms with E-state index in [1.165, 1.54) is 6.20 Å². The number of carbonyl (C=O) groups is 1. The van der Waals surface area contributed by atoms with Gasteiger partial charge in [-0.3, -0.25) is 9.78 Å². The van der Waals surface area contributed by atoms with Crippen molar-refractivity contribution in [2.75, 3.05) is 6.54 Å². The maximum absolute atomic E-state index is 14.6. The van der Waals surface area contributed by atoms with E-state index in [0.29, 0.717) is 41.2 Å². The molecule has 1 aliphatic rings. The lowest BCUT2D eigenvalue weighted by atomic mass is 10.0. The van der Waals surface area contributed by atoms with E-state index in [1.54, 1.807) is 36.4 Å². The van der Waals surface area contributed by atoms with E-state index in [9.17, 15) is 9.18 Å². The smallest absolute Gasteiger partial charge is 0.307 e. The van der Waals surface area contributed by atoms with Crippen LogP contribution in [-0.4, -0.2) is 22.6 Å². The highest BCUT2D eigenvalue weighted by Crippen LogP contribution is 2.48. The molecule has 1 aromatic heterocycles. The van der Waals surface area contributed by atoms with E-state index in [-0.39, 0.29) is 12.5 Å². The highest BCUT2D eigenvalue weighted by atomic mass is 19.1. The summed E-state index contributed by atoms with van der Waals surface area (Å²) in [6.07, 6.45) is 3.64. The van der Waals surface area contributed by atoms with Crippen LogP contribution in [0.4, 0.5) is 4.39 Å². The molecule has 1 aliphatic carbocycles. The average molecular weight is 357 g/mol. The number of rotatable bonds is 7. The van der Waals surface area contributed by atoms with Crippen LogP contribution in [0.3, 0.4) is 0 Å². The van der Waals surface area contributed by atoms with Crippen LogP contribution in [0, 0.1) is 11.7 Å². The minimum absolute atomic E-state index is 0.0271. The Morgan fingerprint density at radius 2 is 2.19 bits per heavy atom. The van der Waals surface area contributed by atoms with Gasteiger partial charge in [-0.05, 0) is 30.2 Å². The summed E-state index contributed by atoms with van der Waals surface area (Å²) in [7, 11) is 0. The van der Waals surface area contributed by atoms with Crippen molar-refractivity contribution < 1.29 is 19.0 Å². The zero-order chi connectivity index (χ0) is 18.7. The quantitative estimate of drug-likeness (QED) is 0.701. The van der Waals surface area contributed by atoms with Crippen LogP contribution in [0.15, 0.2) is 42.6 Å². The molecule has 1 saturated carbocycles. The van der Waals surface area contributed by atoms with Gasteiger partial charge >= 0.3 is 5.97 Å². The summed E-state index contributed by atoms with van der Waals surface area (Å²) < 4.78 is 20.2. The van der Waals surface area contributed by atoms with Crippen molar-refractivity contribution >= 4 is 11.7 Å². The number of halogens is 1. The number of benzene rings is 1. The van der Waals surface area contributed by atoms with Crippen molar-refractivity contribution in [3.05, 3.63) is 65.2 Å². The number of nitrogens with zero attached hydrogens (tertiary/aromatic N) is 1. The molecule has 2 aromatic rings. The molecule has 0 radical (unpaired) electrons. The van der Waals surface area contributed by atoms with Crippen LogP contribution in [0.25, 0.3) is 5.70 Å². The first-order valence-corrected chi connectivity index (χ1v) is 8.26. The van der Waals surface area contributed by atoms with Crippen molar-refractivity contribution in [1.29, 1.82) is 0 Å². The third kappa shape index (κ3) is 3.83.